The van der Waals surface area contributed by atoms with Crippen LogP contribution >= 0.6 is 0 Å². The van der Waals surface area contributed by atoms with Gasteiger partial charge in [0.15, 0.2) is 0 Å². The maximum Gasteiger partial charge on any atom is 0.0684 e. The van der Waals surface area contributed by atoms with Gasteiger partial charge in [-0.1, -0.05) is 53.7 Å². The minimum Gasteiger partial charge on any atom is -0.396 e. The first-order chi connectivity index (χ1) is 10.1. The maximum absolute atomic E-state index is 8.92. The second-order valence-corrected chi connectivity index (χ2v) is 6.12. The zero-order chi connectivity index (χ0) is 17.7. The van der Waals surface area contributed by atoms with Crippen molar-refractivity contribution in [2.45, 2.75) is 48.0 Å². The predicted octanol–water partition coefficient (Wildman–Crippen LogP) is 4.97. The van der Waals surface area contributed by atoms with E-state index in [0.717, 1.165) is 23.1 Å². The van der Waals surface area contributed by atoms with Crippen LogP contribution in [0.2, 0.25) is 0 Å². The fourth-order valence-electron chi connectivity index (χ4n) is 1.41. The first-order valence-corrected chi connectivity index (χ1v) is 7.66. The van der Waals surface area contributed by atoms with Gasteiger partial charge in [-0.05, 0) is 53.5 Å². The van der Waals surface area contributed by atoms with Crippen molar-refractivity contribution in [3.05, 3.63) is 59.3 Å². The third kappa shape index (κ3) is 13.6. The van der Waals surface area contributed by atoms with Crippen LogP contribution in [-0.2, 0) is 0 Å². The van der Waals surface area contributed by atoms with Gasteiger partial charge in [0.05, 0.1) is 6.61 Å². The zero-order valence-corrected chi connectivity index (χ0v) is 15.2. The topological polar surface area (TPSA) is 40.5 Å². The number of allylic oxidation sites excluding steroid dienone is 5. The van der Waals surface area contributed by atoms with Gasteiger partial charge in [0.2, 0.25) is 0 Å². The molecule has 0 aliphatic heterocycles. The molecule has 2 N–H and O–H groups in total. The Morgan fingerprint density at radius 1 is 0.909 bits per heavy atom. The van der Waals surface area contributed by atoms with E-state index in [1.807, 2.05) is 39.8 Å². The van der Waals surface area contributed by atoms with E-state index in [4.69, 9.17) is 10.2 Å². The average Bonchev–Trinajstić information content (AvgIpc) is 2.39. The van der Waals surface area contributed by atoms with Crippen molar-refractivity contribution in [3.8, 4) is 0 Å². The van der Waals surface area contributed by atoms with Crippen LogP contribution in [0.5, 0.6) is 0 Å². The van der Waals surface area contributed by atoms with Gasteiger partial charge in [-0.25, -0.2) is 0 Å². The van der Waals surface area contributed by atoms with Crippen LogP contribution in [0.15, 0.2) is 59.3 Å². The van der Waals surface area contributed by atoms with E-state index in [1.165, 1.54) is 11.1 Å². The van der Waals surface area contributed by atoms with Gasteiger partial charge < -0.3 is 10.2 Å². The Bertz CT molecular complexity index is 429. The molecule has 0 bridgehead atoms. The minimum absolute atomic E-state index is 0.0686. The van der Waals surface area contributed by atoms with E-state index < -0.39 is 0 Å². The normalized spacial score (nSPS) is 11.7. The van der Waals surface area contributed by atoms with Gasteiger partial charge in [0.25, 0.3) is 0 Å². The van der Waals surface area contributed by atoms with Crippen LogP contribution in [0.1, 0.15) is 48.0 Å². The third-order valence-electron chi connectivity index (χ3n) is 3.06. The largest absolute Gasteiger partial charge is 0.396 e. The first-order valence-electron chi connectivity index (χ1n) is 7.66. The van der Waals surface area contributed by atoms with Crippen LogP contribution in [0.3, 0.4) is 0 Å². The molecule has 0 aromatic heterocycles. The Hall–Kier alpha value is -1.38. The van der Waals surface area contributed by atoms with E-state index in [-0.39, 0.29) is 19.1 Å². The Morgan fingerprint density at radius 2 is 1.45 bits per heavy atom. The van der Waals surface area contributed by atoms with Crippen molar-refractivity contribution >= 4 is 0 Å². The number of hydrogen-bond acceptors (Lipinski definition) is 2. The van der Waals surface area contributed by atoms with Crippen molar-refractivity contribution in [2.24, 2.45) is 5.92 Å². The first kappa shape index (κ1) is 22.9. The third-order valence-corrected chi connectivity index (χ3v) is 3.06. The molecule has 0 heterocycles. The SMILES string of the molecule is C=C(C)/C(=C\C=C(C)C)CO.C=C(C)C(CO)CC=C(C)C. The molecule has 1 unspecified atom stereocenters. The highest BCUT2D eigenvalue weighted by atomic mass is 16.3. The predicted molar refractivity (Wildman–Crippen MR) is 98.9 cm³/mol. The van der Waals surface area contributed by atoms with E-state index in [1.54, 1.807) is 0 Å². The van der Waals surface area contributed by atoms with Crippen LogP contribution in [0.4, 0.5) is 0 Å². The number of rotatable bonds is 7. The maximum atomic E-state index is 8.92. The molecule has 0 aliphatic carbocycles. The lowest BCUT2D eigenvalue weighted by molar-refractivity contribution is 0.247. The summed E-state index contributed by atoms with van der Waals surface area (Å²) in [5.74, 6) is 0.241. The molecule has 0 rings (SSSR count). The van der Waals surface area contributed by atoms with Crippen molar-refractivity contribution < 1.29 is 10.2 Å². The second-order valence-electron chi connectivity index (χ2n) is 6.12. The van der Waals surface area contributed by atoms with Gasteiger partial charge in [0.1, 0.15) is 0 Å². The van der Waals surface area contributed by atoms with Gasteiger partial charge in [-0.3, -0.25) is 0 Å². The molecule has 0 spiro atoms. The fourth-order valence-corrected chi connectivity index (χ4v) is 1.41. The summed E-state index contributed by atoms with van der Waals surface area (Å²) in [4.78, 5) is 0. The zero-order valence-electron chi connectivity index (χ0n) is 15.2. The highest BCUT2D eigenvalue weighted by molar-refractivity contribution is 5.30. The summed E-state index contributed by atoms with van der Waals surface area (Å²) in [7, 11) is 0. The van der Waals surface area contributed by atoms with Gasteiger partial charge in [0, 0.05) is 12.5 Å². The molecule has 0 saturated heterocycles. The number of aliphatic hydroxyl groups is 2. The van der Waals surface area contributed by atoms with Crippen molar-refractivity contribution in [1.29, 1.82) is 0 Å². The Morgan fingerprint density at radius 3 is 1.73 bits per heavy atom. The lowest BCUT2D eigenvalue weighted by atomic mass is 9.98. The van der Waals surface area contributed by atoms with Gasteiger partial charge in [-0.15, -0.1) is 0 Å². The summed E-state index contributed by atoms with van der Waals surface area (Å²) in [6.07, 6.45) is 6.92. The van der Waals surface area contributed by atoms with Crippen LogP contribution < -0.4 is 0 Å². The Kier molecular flexibility index (Phi) is 13.8. The van der Waals surface area contributed by atoms with Crippen molar-refractivity contribution in [3.63, 3.8) is 0 Å². The van der Waals surface area contributed by atoms with Crippen LogP contribution in [0, 0.1) is 5.92 Å². The molecular formula is C20H34O2. The molecule has 1 atom stereocenters. The highest BCUT2D eigenvalue weighted by Crippen LogP contribution is 2.13. The summed E-state index contributed by atoms with van der Waals surface area (Å²) < 4.78 is 0. The quantitative estimate of drug-likeness (QED) is 0.514. The van der Waals surface area contributed by atoms with Crippen molar-refractivity contribution in [1.82, 2.24) is 0 Å². The summed E-state index contributed by atoms with van der Waals surface area (Å²) in [5, 5.41) is 17.8. The van der Waals surface area contributed by atoms with Gasteiger partial charge >= 0.3 is 0 Å². The molecule has 2 heteroatoms. The fraction of sp³-hybridized carbons (Fsp3) is 0.500. The molecule has 0 radical (unpaired) electrons. The van der Waals surface area contributed by atoms with E-state index >= 15 is 0 Å². The van der Waals surface area contributed by atoms with Gasteiger partial charge in [-0.2, -0.15) is 0 Å². The summed E-state index contributed by atoms with van der Waals surface area (Å²) in [6.45, 7) is 19.8. The molecule has 0 aliphatic rings. The van der Waals surface area contributed by atoms with E-state index in [0.29, 0.717) is 0 Å². The molecule has 0 aromatic carbocycles. The molecule has 126 valence electrons. The van der Waals surface area contributed by atoms with Crippen LogP contribution in [0.25, 0.3) is 0 Å². The molecule has 0 aromatic rings. The molecule has 2 nitrogen and oxygen atoms in total. The number of aliphatic hydroxyl groups excluding tert-OH is 2. The minimum atomic E-state index is 0.0686. The summed E-state index contributed by atoms with van der Waals surface area (Å²) in [5.41, 5.74) is 5.39. The van der Waals surface area contributed by atoms with Crippen LogP contribution in [-0.4, -0.2) is 23.4 Å². The molecular weight excluding hydrogens is 272 g/mol. The summed E-state index contributed by atoms with van der Waals surface area (Å²) >= 11 is 0. The average molecular weight is 306 g/mol. The highest BCUT2D eigenvalue weighted by Gasteiger charge is 2.04. The summed E-state index contributed by atoms with van der Waals surface area (Å²) in [6, 6.07) is 0. The molecule has 0 amide bonds. The standard InChI is InChI=1S/C10H18O.C10H16O/c2*1-8(2)5-6-10(7-11)9(3)4/h5,10-11H,3,6-7H2,1-2,4H3;5-6,11H,3,7H2,1-2,4H3/b;10-6-. The van der Waals surface area contributed by atoms with E-state index in [9.17, 15) is 0 Å². The lowest BCUT2D eigenvalue weighted by Crippen LogP contribution is -2.05. The number of hydrogen-bond donors (Lipinski definition) is 2. The van der Waals surface area contributed by atoms with E-state index in [2.05, 4.69) is 33.1 Å². The lowest BCUT2D eigenvalue weighted by Gasteiger charge is -2.10. The Balaban J connectivity index is 0. The Labute approximate surface area is 137 Å². The second kappa shape index (κ2) is 13.3. The monoisotopic (exact) mass is 306 g/mol. The molecule has 22 heavy (non-hydrogen) atoms. The van der Waals surface area contributed by atoms with Crippen molar-refractivity contribution in [2.75, 3.05) is 13.2 Å². The molecule has 0 fully saturated rings. The molecule has 0 saturated carbocycles. The smallest absolute Gasteiger partial charge is 0.0684 e.